The van der Waals surface area contributed by atoms with Crippen LogP contribution in [0.4, 0.5) is 36.7 Å². The van der Waals surface area contributed by atoms with Gasteiger partial charge in [0.25, 0.3) is 0 Å². The van der Waals surface area contributed by atoms with Gasteiger partial charge < -0.3 is 19.5 Å². The molecule has 1 N–H and O–H groups in total. The third-order valence-corrected chi connectivity index (χ3v) is 5.37. The normalized spacial score (nSPS) is 13.3. The number of aliphatic hydroxyl groups is 1. The van der Waals surface area contributed by atoms with Crippen LogP contribution in [0.1, 0.15) is 31.9 Å². The molecule has 0 spiro atoms. The van der Waals surface area contributed by atoms with Gasteiger partial charge in [-0.1, -0.05) is 45.0 Å². The average molecular weight is 561 g/mol. The van der Waals surface area contributed by atoms with Crippen LogP contribution in [-0.4, -0.2) is 46.4 Å². The van der Waals surface area contributed by atoms with Crippen LogP contribution in [0.2, 0.25) is 0 Å². The van der Waals surface area contributed by atoms with Crippen molar-refractivity contribution in [3.8, 4) is 17.4 Å². The van der Waals surface area contributed by atoms with Gasteiger partial charge in [0.1, 0.15) is 11.5 Å². The number of nitrogens with zero attached hydrogens (tertiary/aromatic N) is 3. The standard InChI is InChI=1S/C26H26F7N3O3/c1-24(2,3)17-7-5-8-18(13-17)38-21-10-11-34-23(35-21)36(15-20(37)25(29,30)31)14-16-6-4-9-19(12-16)39-26(32,33)22(27)28/h4-13,20,22,37H,14-15H2,1-3H3. The Morgan fingerprint density at radius 2 is 1.59 bits per heavy atom. The zero-order valence-electron chi connectivity index (χ0n) is 21.1. The van der Waals surface area contributed by atoms with Crippen molar-refractivity contribution in [2.45, 2.75) is 57.5 Å². The van der Waals surface area contributed by atoms with Gasteiger partial charge in [-0.05, 0) is 40.8 Å². The number of halogens is 7. The number of hydrogen-bond acceptors (Lipinski definition) is 6. The average Bonchev–Trinajstić information content (AvgIpc) is 2.82. The summed E-state index contributed by atoms with van der Waals surface area (Å²) < 4.78 is 101. The maximum Gasteiger partial charge on any atom is 0.461 e. The molecule has 6 nitrogen and oxygen atoms in total. The van der Waals surface area contributed by atoms with Crippen LogP contribution >= 0.6 is 0 Å². The molecule has 1 unspecified atom stereocenters. The topological polar surface area (TPSA) is 67.7 Å². The summed E-state index contributed by atoms with van der Waals surface area (Å²) in [6.45, 7) is 4.58. The number of hydrogen-bond donors (Lipinski definition) is 1. The zero-order valence-corrected chi connectivity index (χ0v) is 21.1. The third kappa shape index (κ3) is 8.44. The molecular formula is C26H26F7N3O3. The second-order valence-corrected chi connectivity index (χ2v) is 9.62. The highest BCUT2D eigenvalue weighted by atomic mass is 19.4. The molecule has 2 aromatic carbocycles. The number of aromatic nitrogens is 2. The van der Waals surface area contributed by atoms with E-state index >= 15 is 0 Å². The fourth-order valence-corrected chi connectivity index (χ4v) is 3.35. The van der Waals surface area contributed by atoms with Gasteiger partial charge in [-0.15, -0.1) is 0 Å². The molecule has 3 aromatic rings. The lowest BCUT2D eigenvalue weighted by Gasteiger charge is -2.27. The highest BCUT2D eigenvalue weighted by molar-refractivity contribution is 5.39. The van der Waals surface area contributed by atoms with Crippen molar-refractivity contribution in [3.63, 3.8) is 0 Å². The van der Waals surface area contributed by atoms with Crippen molar-refractivity contribution in [2.75, 3.05) is 11.4 Å². The summed E-state index contributed by atoms with van der Waals surface area (Å²) in [5, 5.41) is 9.71. The lowest BCUT2D eigenvalue weighted by atomic mass is 9.87. The molecule has 0 fully saturated rings. The van der Waals surface area contributed by atoms with Gasteiger partial charge >= 0.3 is 18.7 Å². The van der Waals surface area contributed by atoms with Gasteiger partial charge in [-0.3, -0.25) is 0 Å². The Labute approximate surface area is 220 Å². The molecule has 0 aliphatic carbocycles. The first-order valence-corrected chi connectivity index (χ1v) is 11.6. The van der Waals surface area contributed by atoms with Crippen LogP contribution in [0.3, 0.4) is 0 Å². The minimum atomic E-state index is -4.98. The van der Waals surface area contributed by atoms with E-state index in [9.17, 15) is 35.8 Å². The Balaban J connectivity index is 1.90. The molecule has 1 aromatic heterocycles. The van der Waals surface area contributed by atoms with Crippen molar-refractivity contribution in [2.24, 2.45) is 0 Å². The summed E-state index contributed by atoms with van der Waals surface area (Å²) in [6.07, 6.45) is -15.4. The van der Waals surface area contributed by atoms with Crippen molar-refractivity contribution in [3.05, 3.63) is 71.9 Å². The van der Waals surface area contributed by atoms with E-state index in [0.717, 1.165) is 22.6 Å². The lowest BCUT2D eigenvalue weighted by molar-refractivity contribution is -0.253. The summed E-state index contributed by atoms with van der Waals surface area (Å²) in [6, 6.07) is 13.0. The van der Waals surface area contributed by atoms with E-state index < -0.39 is 43.7 Å². The first-order valence-electron chi connectivity index (χ1n) is 11.6. The van der Waals surface area contributed by atoms with Gasteiger partial charge in [-0.2, -0.15) is 35.7 Å². The highest BCUT2D eigenvalue weighted by Gasteiger charge is 2.44. The Hall–Kier alpha value is -3.61. The smallest absolute Gasteiger partial charge is 0.439 e. The Morgan fingerprint density at radius 1 is 0.923 bits per heavy atom. The van der Waals surface area contributed by atoms with Crippen LogP contribution in [0, 0.1) is 0 Å². The molecule has 3 rings (SSSR count). The van der Waals surface area contributed by atoms with Crippen LogP contribution in [0.5, 0.6) is 17.4 Å². The third-order valence-electron chi connectivity index (χ3n) is 5.37. The fourth-order valence-electron chi connectivity index (χ4n) is 3.35. The molecule has 0 saturated heterocycles. The second kappa shape index (κ2) is 11.6. The SMILES string of the molecule is CC(C)(C)c1cccc(Oc2ccnc(N(Cc3cccc(OC(F)(F)C(F)F)c3)CC(O)C(F)(F)F)n2)c1. The molecule has 1 heterocycles. The van der Waals surface area contributed by atoms with Gasteiger partial charge in [-0.25, -0.2) is 4.98 Å². The van der Waals surface area contributed by atoms with Crippen LogP contribution < -0.4 is 14.4 Å². The fraction of sp³-hybridized carbons (Fsp3) is 0.385. The largest absolute Gasteiger partial charge is 0.461 e. The maximum absolute atomic E-state index is 13.3. The summed E-state index contributed by atoms with van der Waals surface area (Å²) in [4.78, 5) is 9.09. The summed E-state index contributed by atoms with van der Waals surface area (Å²) in [7, 11) is 0. The summed E-state index contributed by atoms with van der Waals surface area (Å²) >= 11 is 0. The Morgan fingerprint density at radius 3 is 2.23 bits per heavy atom. The first-order chi connectivity index (χ1) is 18.0. The van der Waals surface area contributed by atoms with E-state index in [4.69, 9.17) is 4.74 Å². The van der Waals surface area contributed by atoms with Gasteiger partial charge in [0.2, 0.25) is 11.8 Å². The van der Waals surface area contributed by atoms with E-state index in [2.05, 4.69) is 14.7 Å². The number of rotatable bonds is 10. The molecule has 0 radical (unpaired) electrons. The van der Waals surface area contributed by atoms with Crippen LogP contribution in [-0.2, 0) is 12.0 Å². The van der Waals surface area contributed by atoms with Crippen LogP contribution in [0.25, 0.3) is 0 Å². The van der Waals surface area contributed by atoms with Crippen molar-refractivity contribution in [1.82, 2.24) is 9.97 Å². The van der Waals surface area contributed by atoms with Crippen LogP contribution in [0.15, 0.2) is 60.8 Å². The molecule has 212 valence electrons. The van der Waals surface area contributed by atoms with Gasteiger partial charge in [0.05, 0.1) is 6.54 Å². The molecular weight excluding hydrogens is 535 g/mol. The van der Waals surface area contributed by atoms with Gasteiger partial charge in [0.15, 0.2) is 6.10 Å². The molecule has 1 atom stereocenters. The summed E-state index contributed by atoms with van der Waals surface area (Å²) in [5.74, 6) is -0.497. The molecule has 0 bridgehead atoms. The summed E-state index contributed by atoms with van der Waals surface area (Å²) in [5.41, 5.74) is 0.876. The predicted octanol–water partition coefficient (Wildman–Crippen LogP) is 6.73. The van der Waals surface area contributed by atoms with E-state index in [0.29, 0.717) is 5.75 Å². The molecule has 13 heteroatoms. The molecule has 0 aliphatic rings. The Bertz CT molecular complexity index is 1250. The molecule has 0 aliphatic heterocycles. The van der Waals surface area contributed by atoms with E-state index in [1.807, 2.05) is 26.8 Å². The number of alkyl halides is 7. The minimum Gasteiger partial charge on any atom is -0.439 e. The van der Waals surface area contributed by atoms with E-state index in [1.54, 1.807) is 18.2 Å². The van der Waals surface area contributed by atoms with E-state index in [-0.39, 0.29) is 22.8 Å². The molecule has 0 amide bonds. The number of benzene rings is 2. The highest BCUT2D eigenvalue weighted by Crippen LogP contribution is 2.31. The number of aliphatic hydroxyl groups excluding tert-OH is 1. The maximum atomic E-state index is 13.3. The monoisotopic (exact) mass is 561 g/mol. The van der Waals surface area contributed by atoms with E-state index in [1.165, 1.54) is 24.4 Å². The molecule has 0 saturated carbocycles. The quantitative estimate of drug-likeness (QED) is 0.277. The predicted molar refractivity (Wildman–Crippen MR) is 128 cm³/mol. The van der Waals surface area contributed by atoms with Crippen molar-refractivity contribution in [1.29, 1.82) is 0 Å². The zero-order chi connectivity index (χ0) is 29.0. The Kier molecular flexibility index (Phi) is 8.94. The van der Waals surface area contributed by atoms with Crippen molar-refractivity contribution < 1.29 is 45.3 Å². The minimum absolute atomic E-state index is 0.00813. The second-order valence-electron chi connectivity index (χ2n) is 9.62. The van der Waals surface area contributed by atoms with Crippen molar-refractivity contribution >= 4 is 5.95 Å². The van der Waals surface area contributed by atoms with Gasteiger partial charge in [0, 0.05) is 18.8 Å². The lowest BCUT2D eigenvalue weighted by Crippen LogP contribution is -2.41. The number of ether oxygens (including phenoxy) is 2. The first kappa shape index (κ1) is 29.9. The number of anilines is 1. The molecule has 39 heavy (non-hydrogen) atoms.